The fourth-order valence-electron chi connectivity index (χ4n) is 2.87. The molecule has 0 amide bonds. The van der Waals surface area contributed by atoms with Gasteiger partial charge < -0.3 is 18.9 Å². The summed E-state index contributed by atoms with van der Waals surface area (Å²) in [7, 11) is 0. The maximum Gasteiger partial charge on any atom is 0.328 e. The van der Waals surface area contributed by atoms with E-state index in [4.69, 9.17) is 18.9 Å². The molecule has 9 heteroatoms. The van der Waals surface area contributed by atoms with Gasteiger partial charge in [-0.2, -0.15) is 0 Å². The van der Waals surface area contributed by atoms with E-state index in [0.717, 1.165) is 5.56 Å². The number of esters is 2. The highest BCUT2D eigenvalue weighted by Gasteiger charge is 2.52. The van der Waals surface area contributed by atoms with E-state index in [-0.39, 0.29) is 51.0 Å². The minimum atomic E-state index is -2.04. The third-order valence-electron chi connectivity index (χ3n) is 4.40. The molecule has 1 atom stereocenters. The Morgan fingerprint density at radius 1 is 0.906 bits per heavy atom. The Morgan fingerprint density at radius 2 is 1.50 bits per heavy atom. The predicted molar refractivity (Wildman–Crippen MR) is 115 cm³/mol. The highest BCUT2D eigenvalue weighted by molar-refractivity contribution is 6.26. The van der Waals surface area contributed by atoms with Crippen molar-refractivity contribution in [3.8, 4) is 0 Å². The van der Waals surface area contributed by atoms with Crippen LogP contribution in [-0.4, -0.2) is 67.1 Å². The van der Waals surface area contributed by atoms with Gasteiger partial charge >= 0.3 is 11.9 Å². The first kappa shape index (κ1) is 27.4. The van der Waals surface area contributed by atoms with E-state index in [1.807, 2.05) is 0 Å². The van der Waals surface area contributed by atoms with Gasteiger partial charge in [-0.25, -0.2) is 0 Å². The van der Waals surface area contributed by atoms with Gasteiger partial charge in [-0.05, 0) is 46.2 Å². The van der Waals surface area contributed by atoms with Crippen LogP contribution in [0.5, 0.6) is 0 Å². The fourth-order valence-corrected chi connectivity index (χ4v) is 2.87. The maximum absolute atomic E-state index is 13.4. The van der Waals surface area contributed by atoms with Crippen molar-refractivity contribution in [3.05, 3.63) is 29.6 Å². The van der Waals surface area contributed by atoms with Crippen molar-refractivity contribution < 1.29 is 38.1 Å². The lowest BCUT2D eigenvalue weighted by atomic mass is 9.74. The topological polar surface area (TPSA) is 118 Å². The number of hydrogen-bond donors (Lipinski definition) is 0. The maximum atomic E-state index is 13.4. The first-order valence-corrected chi connectivity index (χ1v) is 10.4. The van der Waals surface area contributed by atoms with E-state index in [9.17, 15) is 19.2 Å². The molecule has 32 heavy (non-hydrogen) atoms. The summed E-state index contributed by atoms with van der Waals surface area (Å²) < 4.78 is 21.0. The molecule has 178 valence electrons. The third-order valence-corrected chi connectivity index (χ3v) is 4.40. The summed E-state index contributed by atoms with van der Waals surface area (Å²) in [5, 5.41) is 0. The van der Waals surface area contributed by atoms with E-state index in [1.54, 1.807) is 40.0 Å². The molecule has 1 aromatic heterocycles. The van der Waals surface area contributed by atoms with Crippen LogP contribution in [0.4, 0.5) is 0 Å². The Hall–Kier alpha value is -2.65. The van der Waals surface area contributed by atoms with Gasteiger partial charge in [0.1, 0.15) is 12.2 Å². The van der Waals surface area contributed by atoms with Crippen LogP contribution in [0.2, 0.25) is 0 Å². The number of nitrogens with zero attached hydrogens (tertiary/aromatic N) is 1. The summed E-state index contributed by atoms with van der Waals surface area (Å²) in [4.78, 5) is 53.9. The van der Waals surface area contributed by atoms with Crippen LogP contribution >= 0.6 is 0 Å². The summed E-state index contributed by atoms with van der Waals surface area (Å²) in [6.45, 7) is 9.96. The molecule has 0 aliphatic rings. The standard InChI is InChI=1S/C23H33NO8/c1-16-13-19(15-24-14-16)20(27)23(17(2)25,21(28)32-22(4,5)6)7-8-29-9-10-30-11-12-31-18(3)26/h13-15H,7-12H2,1-6H3. The van der Waals surface area contributed by atoms with E-state index in [2.05, 4.69) is 4.98 Å². The van der Waals surface area contributed by atoms with Crippen LogP contribution in [0.15, 0.2) is 18.5 Å². The molecule has 0 N–H and O–H groups in total. The molecule has 9 nitrogen and oxygen atoms in total. The van der Waals surface area contributed by atoms with Crippen molar-refractivity contribution in [2.24, 2.45) is 5.41 Å². The van der Waals surface area contributed by atoms with Crippen molar-refractivity contribution in [3.63, 3.8) is 0 Å². The number of ketones is 2. The number of ether oxygens (including phenoxy) is 4. The van der Waals surface area contributed by atoms with Gasteiger partial charge in [0.2, 0.25) is 0 Å². The van der Waals surface area contributed by atoms with Gasteiger partial charge in [-0.3, -0.25) is 24.2 Å². The molecule has 0 bridgehead atoms. The molecule has 1 heterocycles. The number of hydrogen-bond acceptors (Lipinski definition) is 9. The Bertz CT molecular complexity index is 814. The molecule has 1 unspecified atom stereocenters. The van der Waals surface area contributed by atoms with Crippen LogP contribution in [0, 0.1) is 12.3 Å². The normalized spacial score (nSPS) is 13.2. The number of pyridine rings is 1. The number of aromatic nitrogens is 1. The molecular formula is C23H33NO8. The quantitative estimate of drug-likeness (QED) is 0.193. The lowest BCUT2D eigenvalue weighted by molar-refractivity contribution is -0.167. The number of Topliss-reactive ketones (excluding diaryl/α,β-unsaturated/α-hetero) is 2. The number of carbonyl (C=O) groups is 4. The molecule has 0 aliphatic heterocycles. The average molecular weight is 452 g/mol. The van der Waals surface area contributed by atoms with Gasteiger partial charge in [-0.1, -0.05) is 0 Å². The lowest BCUT2D eigenvalue weighted by Gasteiger charge is -2.31. The van der Waals surface area contributed by atoms with E-state index in [1.165, 1.54) is 20.0 Å². The van der Waals surface area contributed by atoms with Crippen molar-refractivity contribution in [2.75, 3.05) is 33.0 Å². The van der Waals surface area contributed by atoms with Crippen LogP contribution < -0.4 is 0 Å². The molecule has 0 aromatic carbocycles. The summed E-state index contributed by atoms with van der Waals surface area (Å²) in [6.07, 6.45) is 2.72. The molecular weight excluding hydrogens is 418 g/mol. The zero-order valence-corrected chi connectivity index (χ0v) is 19.7. The van der Waals surface area contributed by atoms with Crippen LogP contribution in [0.1, 0.15) is 57.0 Å². The zero-order chi connectivity index (χ0) is 24.4. The van der Waals surface area contributed by atoms with Gasteiger partial charge in [0.05, 0.1) is 19.8 Å². The average Bonchev–Trinajstić information content (AvgIpc) is 2.67. The molecule has 1 aromatic rings. The van der Waals surface area contributed by atoms with Gasteiger partial charge in [-0.15, -0.1) is 0 Å². The summed E-state index contributed by atoms with van der Waals surface area (Å²) in [5.74, 6) is -2.59. The SMILES string of the molecule is CC(=O)OCCOCCOCCC(C(C)=O)(C(=O)OC(C)(C)C)C(=O)c1cncc(C)c1. The Kier molecular flexibility index (Phi) is 10.6. The number of rotatable bonds is 13. The summed E-state index contributed by atoms with van der Waals surface area (Å²) >= 11 is 0. The second kappa shape index (κ2) is 12.4. The van der Waals surface area contributed by atoms with Crippen molar-refractivity contribution in [2.45, 2.75) is 53.6 Å². The number of carbonyl (C=O) groups excluding carboxylic acids is 4. The minimum Gasteiger partial charge on any atom is -0.463 e. The minimum absolute atomic E-state index is 0.0445. The monoisotopic (exact) mass is 451 g/mol. The molecule has 0 saturated carbocycles. The zero-order valence-electron chi connectivity index (χ0n) is 19.7. The van der Waals surface area contributed by atoms with E-state index in [0.29, 0.717) is 0 Å². The van der Waals surface area contributed by atoms with Crippen LogP contribution in [0.25, 0.3) is 0 Å². The molecule has 0 saturated heterocycles. The van der Waals surface area contributed by atoms with Crippen LogP contribution in [-0.2, 0) is 33.3 Å². The van der Waals surface area contributed by atoms with E-state index < -0.39 is 28.6 Å². The van der Waals surface area contributed by atoms with Crippen molar-refractivity contribution >= 4 is 23.5 Å². The van der Waals surface area contributed by atoms with E-state index >= 15 is 0 Å². The first-order chi connectivity index (χ1) is 14.9. The highest BCUT2D eigenvalue weighted by atomic mass is 16.6. The number of aryl methyl sites for hydroxylation is 1. The van der Waals surface area contributed by atoms with Crippen molar-refractivity contribution in [1.29, 1.82) is 0 Å². The summed E-state index contributed by atoms with van der Waals surface area (Å²) in [5.41, 5.74) is -2.06. The molecule has 1 rings (SSSR count). The second-order valence-electron chi connectivity index (χ2n) is 8.36. The Balaban J connectivity index is 2.90. The smallest absolute Gasteiger partial charge is 0.328 e. The Morgan fingerprint density at radius 3 is 2.03 bits per heavy atom. The molecule has 0 fully saturated rings. The first-order valence-electron chi connectivity index (χ1n) is 10.4. The second-order valence-corrected chi connectivity index (χ2v) is 8.36. The summed E-state index contributed by atoms with van der Waals surface area (Å²) in [6, 6.07) is 1.58. The molecule has 0 aliphatic carbocycles. The molecule has 0 radical (unpaired) electrons. The van der Waals surface area contributed by atoms with Gasteiger partial charge in [0.15, 0.2) is 17.0 Å². The largest absolute Gasteiger partial charge is 0.463 e. The van der Waals surface area contributed by atoms with Crippen molar-refractivity contribution in [1.82, 2.24) is 4.98 Å². The van der Waals surface area contributed by atoms with Gasteiger partial charge in [0.25, 0.3) is 0 Å². The lowest BCUT2D eigenvalue weighted by Crippen LogP contribution is -2.49. The predicted octanol–water partition coefficient (Wildman–Crippen LogP) is 2.48. The van der Waals surface area contributed by atoms with Gasteiger partial charge in [0, 0.05) is 37.9 Å². The third kappa shape index (κ3) is 8.47. The fraction of sp³-hybridized carbons (Fsp3) is 0.609. The Labute approximate surface area is 188 Å². The van der Waals surface area contributed by atoms with Crippen LogP contribution in [0.3, 0.4) is 0 Å². The highest BCUT2D eigenvalue weighted by Crippen LogP contribution is 2.32. The molecule has 0 spiro atoms.